The third-order valence-corrected chi connectivity index (χ3v) is 7.31. The van der Waals surface area contributed by atoms with Crippen molar-refractivity contribution < 1.29 is 52.7 Å². The number of halogens is 12. The zero-order valence-electron chi connectivity index (χ0n) is 21.7. The van der Waals surface area contributed by atoms with E-state index in [1.54, 1.807) is 0 Å². The van der Waals surface area contributed by atoms with Gasteiger partial charge in [0.15, 0.2) is 46.5 Å². The quantitative estimate of drug-likeness (QED) is 0.108. The smallest absolute Gasteiger partial charge is 0.206 e. The predicted octanol–water partition coefficient (Wildman–Crippen LogP) is 6.26. The van der Waals surface area contributed by atoms with Gasteiger partial charge in [-0.05, 0) is 11.1 Å². The maximum Gasteiger partial charge on any atom is 0.523 e. The van der Waals surface area contributed by atoms with Crippen LogP contribution in [0.5, 0.6) is 0 Å². The molecule has 0 saturated heterocycles. The Balaban J connectivity index is 2.13. The van der Waals surface area contributed by atoms with Crippen LogP contribution in [0.15, 0.2) is 22.5 Å². The van der Waals surface area contributed by atoms with Crippen LogP contribution in [-0.4, -0.2) is 0 Å². The molecule has 0 aliphatic heterocycles. The lowest BCUT2D eigenvalue weighted by molar-refractivity contribution is 0.376. The van der Waals surface area contributed by atoms with Gasteiger partial charge in [0.1, 0.15) is 42.5 Å². The molecule has 16 heteroatoms. The molecule has 3 aromatic carbocycles. The van der Waals surface area contributed by atoms with Crippen molar-refractivity contribution in [1.29, 1.82) is 10.5 Å². The lowest BCUT2D eigenvalue weighted by atomic mass is 9.94. The molecule has 0 amide bonds. The number of rotatable bonds is 2. The molecule has 0 unspecified atom stereocenters. The summed E-state index contributed by atoms with van der Waals surface area (Å²) in [6.45, 7) is 14.4. The van der Waals surface area contributed by atoms with Gasteiger partial charge in [-0.2, -0.15) is 20.2 Å². The van der Waals surface area contributed by atoms with Gasteiger partial charge in [-0.1, -0.05) is 0 Å². The number of allylic oxidation sites excluding steroid dienone is 3. The van der Waals surface area contributed by atoms with E-state index in [1.807, 2.05) is 0 Å². The molecule has 46 heavy (non-hydrogen) atoms. The monoisotopic (exact) mass is 648 g/mol. The van der Waals surface area contributed by atoms with E-state index >= 15 is 26.3 Å². The number of benzene rings is 3. The van der Waals surface area contributed by atoms with Crippen LogP contribution in [0.1, 0.15) is 22.3 Å². The van der Waals surface area contributed by atoms with E-state index in [4.69, 9.17) is 13.1 Å². The Labute approximate surface area is 247 Å². The van der Waals surface area contributed by atoms with Crippen LogP contribution in [0.4, 0.5) is 52.7 Å². The minimum Gasteiger partial charge on any atom is -0.206 e. The molecule has 0 heterocycles. The largest absolute Gasteiger partial charge is 0.523 e. The van der Waals surface area contributed by atoms with Crippen LogP contribution in [-0.2, 0) is 12.8 Å². The van der Waals surface area contributed by atoms with Crippen molar-refractivity contribution in [2.45, 2.75) is 12.8 Å². The molecule has 0 saturated carbocycles. The first kappa shape index (κ1) is 31.4. The lowest BCUT2D eigenvalue weighted by Gasteiger charge is -2.12. The summed E-state index contributed by atoms with van der Waals surface area (Å²) in [5.74, 6) is -30.5. The summed E-state index contributed by atoms with van der Waals surface area (Å²) in [4.78, 5) is 5.56. The Morgan fingerprint density at radius 2 is 0.783 bits per heavy atom. The molecule has 228 valence electrons. The molecule has 3 aromatic rings. The molecule has 0 N–H and O–H groups in total. The van der Waals surface area contributed by atoms with Gasteiger partial charge in [-0.3, -0.25) is 0 Å². The van der Waals surface area contributed by atoms with E-state index in [0.29, 0.717) is 0 Å². The first-order chi connectivity index (χ1) is 21.7. The van der Waals surface area contributed by atoms with Gasteiger partial charge in [0.25, 0.3) is 0 Å². The summed E-state index contributed by atoms with van der Waals surface area (Å²) < 4.78 is 178. The number of nitriles is 2. The molecular weight excluding hydrogens is 644 g/mol. The van der Waals surface area contributed by atoms with Gasteiger partial charge in [-0.15, -0.1) is 0 Å². The zero-order valence-corrected chi connectivity index (χ0v) is 21.7. The summed E-state index contributed by atoms with van der Waals surface area (Å²) in [5.41, 5.74) is -11.6. The first-order valence-corrected chi connectivity index (χ1v) is 12.0. The Hall–Kier alpha value is -6.00. The van der Waals surface area contributed by atoms with Gasteiger partial charge in [0, 0.05) is 40.0 Å². The summed E-state index contributed by atoms with van der Waals surface area (Å²) in [7, 11) is 0. The van der Waals surface area contributed by atoms with E-state index < -0.39 is 149 Å². The van der Waals surface area contributed by atoms with Crippen LogP contribution in [0, 0.1) is 106 Å². The fourth-order valence-electron chi connectivity index (χ4n) is 5.40. The number of hydrogen-bond acceptors (Lipinski definition) is 2. The lowest BCUT2D eigenvalue weighted by Crippen LogP contribution is -2.28. The van der Waals surface area contributed by atoms with E-state index in [1.165, 1.54) is 12.1 Å². The highest BCUT2D eigenvalue weighted by molar-refractivity contribution is 5.89. The minimum absolute atomic E-state index is 0.937. The van der Waals surface area contributed by atoms with Crippen molar-refractivity contribution in [3.8, 4) is 12.1 Å². The van der Waals surface area contributed by atoms with Crippen molar-refractivity contribution in [1.82, 2.24) is 0 Å². The highest BCUT2D eigenvalue weighted by atomic mass is 19.2. The Morgan fingerprint density at radius 1 is 0.478 bits per heavy atom. The predicted molar refractivity (Wildman–Crippen MR) is 129 cm³/mol. The molecule has 0 radical (unpaired) electrons. The van der Waals surface area contributed by atoms with Gasteiger partial charge < -0.3 is 0 Å². The van der Waals surface area contributed by atoms with Gasteiger partial charge in [0.2, 0.25) is 11.6 Å². The number of hydrogen-bond donors (Lipinski definition) is 0. The van der Waals surface area contributed by atoms with Crippen molar-refractivity contribution in [2.75, 3.05) is 0 Å². The van der Waals surface area contributed by atoms with E-state index in [2.05, 4.69) is 9.69 Å². The van der Waals surface area contributed by atoms with Crippen LogP contribution >= 0.6 is 0 Å². The van der Waals surface area contributed by atoms with Crippen molar-refractivity contribution in [3.63, 3.8) is 0 Å². The summed E-state index contributed by atoms with van der Waals surface area (Å²) >= 11 is 0. The van der Waals surface area contributed by atoms with Crippen molar-refractivity contribution in [3.05, 3.63) is 148 Å². The molecule has 4 nitrogen and oxygen atoms in total. The molecule has 0 spiro atoms. The number of fused-ring (bicyclic) bond motifs is 2. The fraction of sp³-hybridized carbons (Fsp3) is 0.0667. The normalized spacial score (nSPS) is 13.2. The highest BCUT2D eigenvalue weighted by Gasteiger charge is 2.41. The third-order valence-electron chi connectivity index (χ3n) is 7.31. The highest BCUT2D eigenvalue weighted by Crippen LogP contribution is 2.41. The molecule has 2 aliphatic rings. The summed E-state index contributed by atoms with van der Waals surface area (Å²) in [6.07, 6.45) is -2.38. The molecule has 5 rings (SSSR count). The SMILES string of the molecule is [C-]#[N+]C([N+]#[C-])=C1Cc2c(F)c3c(c(F)c2=C1c1c(F)c(F)c(F)c(F)c1F)CC(=C(C#N)C#N)C=3c1c(F)c(F)c(F)c(F)c1F. The Kier molecular flexibility index (Phi) is 7.42. The Bertz CT molecular complexity index is 2120. The number of nitrogens with zero attached hydrogens (tertiary/aromatic N) is 4. The second-order valence-corrected chi connectivity index (χ2v) is 9.43. The van der Waals surface area contributed by atoms with E-state index in [0.717, 1.165) is 0 Å². The van der Waals surface area contributed by atoms with E-state index in [9.17, 15) is 36.9 Å². The van der Waals surface area contributed by atoms with Crippen LogP contribution < -0.4 is 10.4 Å². The Morgan fingerprint density at radius 3 is 1.11 bits per heavy atom. The molecular formula is C30H4F12N4. The average molecular weight is 648 g/mol. The van der Waals surface area contributed by atoms with Crippen LogP contribution in [0.25, 0.3) is 20.8 Å². The molecule has 2 aliphatic carbocycles. The average Bonchev–Trinajstić information content (AvgIpc) is 3.62. The van der Waals surface area contributed by atoms with Crippen molar-refractivity contribution >= 4 is 11.1 Å². The molecule has 0 bridgehead atoms. The maximum absolute atomic E-state index is 16.5. The molecule has 0 fully saturated rings. The maximum atomic E-state index is 16.5. The van der Waals surface area contributed by atoms with E-state index in [-0.39, 0.29) is 0 Å². The zero-order chi connectivity index (χ0) is 34.1. The van der Waals surface area contributed by atoms with Gasteiger partial charge in [-0.25, -0.2) is 52.7 Å². The third kappa shape index (κ3) is 4.00. The molecule has 0 aromatic heterocycles. The van der Waals surface area contributed by atoms with Crippen LogP contribution in [0.3, 0.4) is 0 Å². The second kappa shape index (κ2) is 10.9. The standard InChI is InChI=1S/C30H4F12N4/c1-45-30(46-2)11-4-10-15(13(11)17-22(35)26(39)29(42)27(40)23(17)36)18(31)9-3-8(7(5-43)6-44)12(14(9)19(10)32)16-20(33)24(37)28(41)25(38)21(16)34/h3-4H2. The topological polar surface area (TPSA) is 56.3 Å². The van der Waals surface area contributed by atoms with Gasteiger partial charge >= 0.3 is 5.82 Å². The van der Waals surface area contributed by atoms with Gasteiger partial charge in [0.05, 0.1) is 16.7 Å². The van der Waals surface area contributed by atoms with Crippen LogP contribution in [0.2, 0.25) is 0 Å². The van der Waals surface area contributed by atoms with Crippen molar-refractivity contribution in [2.24, 2.45) is 0 Å². The summed E-state index contributed by atoms with van der Waals surface area (Å²) in [5, 5.41) is 16.3. The second-order valence-electron chi connectivity index (χ2n) is 9.43. The molecule has 0 atom stereocenters. The minimum atomic E-state index is -2.65. The fourth-order valence-corrected chi connectivity index (χ4v) is 5.40. The summed E-state index contributed by atoms with van der Waals surface area (Å²) in [6, 6.07) is 2.52. The first-order valence-electron chi connectivity index (χ1n) is 12.0.